The summed E-state index contributed by atoms with van der Waals surface area (Å²) in [6.45, 7) is 8.18. The van der Waals surface area contributed by atoms with Crippen LogP contribution in [0.25, 0.3) is 0 Å². The summed E-state index contributed by atoms with van der Waals surface area (Å²) in [5.74, 6) is 1.71. The van der Waals surface area contributed by atoms with E-state index in [4.69, 9.17) is 0 Å². The molecule has 0 atom stereocenters. The van der Waals surface area contributed by atoms with E-state index < -0.39 is 0 Å². The van der Waals surface area contributed by atoms with Crippen LogP contribution in [0.3, 0.4) is 0 Å². The molecule has 0 spiro atoms. The quantitative estimate of drug-likeness (QED) is 0.884. The molecule has 18 heavy (non-hydrogen) atoms. The zero-order chi connectivity index (χ0) is 13.0. The van der Waals surface area contributed by atoms with Gasteiger partial charge < -0.3 is 5.32 Å². The third kappa shape index (κ3) is 3.69. The van der Waals surface area contributed by atoms with E-state index in [2.05, 4.69) is 36.1 Å². The molecule has 0 saturated heterocycles. The lowest BCUT2D eigenvalue weighted by atomic mass is 9.70. The van der Waals surface area contributed by atoms with E-state index in [0.29, 0.717) is 5.41 Å². The number of rotatable bonds is 3. The summed E-state index contributed by atoms with van der Waals surface area (Å²) in [7, 11) is 0. The van der Waals surface area contributed by atoms with Gasteiger partial charge in [-0.2, -0.15) is 0 Å². The van der Waals surface area contributed by atoms with Crippen molar-refractivity contribution in [2.75, 3.05) is 11.9 Å². The van der Waals surface area contributed by atoms with E-state index in [-0.39, 0.29) is 0 Å². The third-order valence-electron chi connectivity index (χ3n) is 4.23. The van der Waals surface area contributed by atoms with Crippen LogP contribution >= 0.6 is 0 Å². The van der Waals surface area contributed by atoms with E-state index in [1.807, 2.05) is 12.4 Å². The van der Waals surface area contributed by atoms with Gasteiger partial charge in [0.25, 0.3) is 0 Å². The molecule has 1 aromatic heterocycles. The first-order valence-corrected chi connectivity index (χ1v) is 7.04. The Morgan fingerprint density at radius 1 is 1.11 bits per heavy atom. The molecule has 0 bridgehead atoms. The smallest absolute Gasteiger partial charge is 0.115 e. The van der Waals surface area contributed by atoms with Gasteiger partial charge in [-0.15, -0.1) is 0 Å². The fourth-order valence-corrected chi connectivity index (χ4v) is 2.89. The van der Waals surface area contributed by atoms with E-state index in [9.17, 15) is 0 Å². The Hall–Kier alpha value is -1.12. The first-order chi connectivity index (χ1) is 8.55. The SMILES string of the molecule is CC(C)(C)C1CCC(CNc2cncnc2)CC1. The van der Waals surface area contributed by atoms with E-state index in [1.165, 1.54) is 25.7 Å². The van der Waals surface area contributed by atoms with Gasteiger partial charge in [-0.3, -0.25) is 0 Å². The Bertz CT molecular complexity index is 348. The average molecular weight is 247 g/mol. The molecule has 3 heteroatoms. The number of nitrogens with one attached hydrogen (secondary N) is 1. The van der Waals surface area contributed by atoms with E-state index in [0.717, 1.165) is 24.1 Å². The van der Waals surface area contributed by atoms with E-state index >= 15 is 0 Å². The Labute approximate surface area is 110 Å². The molecule has 1 aromatic rings. The molecule has 1 aliphatic carbocycles. The molecule has 0 aliphatic heterocycles. The zero-order valence-electron chi connectivity index (χ0n) is 11.8. The molecular weight excluding hydrogens is 222 g/mol. The first kappa shape index (κ1) is 13.3. The van der Waals surface area contributed by atoms with Crippen LogP contribution in [0.15, 0.2) is 18.7 Å². The summed E-state index contributed by atoms with van der Waals surface area (Å²) >= 11 is 0. The van der Waals surface area contributed by atoms with Gasteiger partial charge in [0, 0.05) is 6.54 Å². The van der Waals surface area contributed by atoms with Gasteiger partial charge in [0.15, 0.2) is 0 Å². The fourth-order valence-electron chi connectivity index (χ4n) is 2.89. The number of hydrogen-bond donors (Lipinski definition) is 1. The van der Waals surface area contributed by atoms with Crippen LogP contribution in [0.2, 0.25) is 0 Å². The van der Waals surface area contributed by atoms with Crippen LogP contribution in [0.1, 0.15) is 46.5 Å². The van der Waals surface area contributed by atoms with Crippen LogP contribution in [0.4, 0.5) is 5.69 Å². The second-order valence-corrected chi connectivity index (χ2v) is 6.59. The molecule has 1 saturated carbocycles. The van der Waals surface area contributed by atoms with Crippen LogP contribution in [0.5, 0.6) is 0 Å². The molecule has 1 aliphatic rings. The van der Waals surface area contributed by atoms with Crippen molar-refractivity contribution >= 4 is 5.69 Å². The molecule has 1 heterocycles. The average Bonchev–Trinajstić information content (AvgIpc) is 2.37. The largest absolute Gasteiger partial charge is 0.382 e. The maximum absolute atomic E-state index is 4.02. The highest BCUT2D eigenvalue weighted by Gasteiger charge is 2.29. The van der Waals surface area contributed by atoms with Gasteiger partial charge in [0.2, 0.25) is 0 Å². The molecule has 0 radical (unpaired) electrons. The van der Waals surface area contributed by atoms with Crippen molar-refractivity contribution in [2.24, 2.45) is 17.3 Å². The second-order valence-electron chi connectivity index (χ2n) is 6.59. The minimum absolute atomic E-state index is 0.478. The highest BCUT2D eigenvalue weighted by atomic mass is 14.9. The van der Waals surface area contributed by atoms with Crippen molar-refractivity contribution in [3.05, 3.63) is 18.7 Å². The predicted octanol–water partition coefficient (Wildman–Crippen LogP) is 3.74. The summed E-state index contributed by atoms with van der Waals surface area (Å²) in [4.78, 5) is 8.04. The molecule has 0 amide bonds. The van der Waals surface area contributed by atoms with Crippen LogP contribution in [0, 0.1) is 17.3 Å². The molecule has 2 rings (SSSR count). The number of aromatic nitrogens is 2. The molecule has 100 valence electrons. The van der Waals surface area contributed by atoms with Gasteiger partial charge in [0.1, 0.15) is 6.33 Å². The van der Waals surface area contributed by atoms with Crippen molar-refractivity contribution < 1.29 is 0 Å². The van der Waals surface area contributed by atoms with Crippen molar-refractivity contribution in [3.8, 4) is 0 Å². The Kier molecular flexibility index (Phi) is 4.20. The summed E-state index contributed by atoms with van der Waals surface area (Å²) < 4.78 is 0. The Morgan fingerprint density at radius 3 is 2.28 bits per heavy atom. The predicted molar refractivity (Wildman–Crippen MR) is 75.4 cm³/mol. The van der Waals surface area contributed by atoms with Gasteiger partial charge >= 0.3 is 0 Å². The monoisotopic (exact) mass is 247 g/mol. The lowest BCUT2D eigenvalue weighted by Crippen LogP contribution is -2.28. The minimum Gasteiger partial charge on any atom is -0.382 e. The third-order valence-corrected chi connectivity index (χ3v) is 4.23. The lowest BCUT2D eigenvalue weighted by Gasteiger charge is -2.37. The number of anilines is 1. The second kappa shape index (κ2) is 5.68. The fraction of sp³-hybridized carbons (Fsp3) is 0.733. The molecule has 1 fully saturated rings. The summed E-state index contributed by atoms with van der Waals surface area (Å²) in [6, 6.07) is 0. The maximum Gasteiger partial charge on any atom is 0.115 e. The van der Waals surface area contributed by atoms with Crippen molar-refractivity contribution in [2.45, 2.75) is 46.5 Å². The zero-order valence-corrected chi connectivity index (χ0v) is 11.8. The highest BCUT2D eigenvalue weighted by Crippen LogP contribution is 2.39. The van der Waals surface area contributed by atoms with Crippen molar-refractivity contribution in [1.82, 2.24) is 9.97 Å². The van der Waals surface area contributed by atoms with Gasteiger partial charge in [-0.1, -0.05) is 20.8 Å². The van der Waals surface area contributed by atoms with Crippen LogP contribution in [-0.4, -0.2) is 16.5 Å². The lowest BCUT2D eigenvalue weighted by molar-refractivity contribution is 0.153. The van der Waals surface area contributed by atoms with Crippen LogP contribution < -0.4 is 5.32 Å². The highest BCUT2D eigenvalue weighted by molar-refractivity contribution is 5.36. The Balaban J connectivity index is 1.74. The number of nitrogens with zero attached hydrogens (tertiary/aromatic N) is 2. The minimum atomic E-state index is 0.478. The summed E-state index contributed by atoms with van der Waals surface area (Å²) in [5.41, 5.74) is 1.52. The molecule has 1 N–H and O–H groups in total. The number of hydrogen-bond acceptors (Lipinski definition) is 3. The van der Waals surface area contributed by atoms with E-state index in [1.54, 1.807) is 6.33 Å². The maximum atomic E-state index is 4.02. The van der Waals surface area contributed by atoms with Gasteiger partial charge in [-0.05, 0) is 42.9 Å². The molecule has 3 nitrogen and oxygen atoms in total. The summed E-state index contributed by atoms with van der Waals surface area (Å²) in [5, 5.41) is 3.44. The standard InChI is InChI=1S/C15H25N3/c1-15(2,3)13-6-4-12(5-7-13)8-18-14-9-16-11-17-10-14/h9-13,18H,4-8H2,1-3H3. The molecule has 0 unspecified atom stereocenters. The van der Waals surface area contributed by atoms with Crippen LogP contribution in [-0.2, 0) is 0 Å². The topological polar surface area (TPSA) is 37.8 Å². The Morgan fingerprint density at radius 2 is 1.72 bits per heavy atom. The molecular formula is C15H25N3. The summed E-state index contributed by atoms with van der Waals surface area (Å²) in [6.07, 6.45) is 10.7. The first-order valence-electron chi connectivity index (χ1n) is 7.04. The molecule has 0 aromatic carbocycles. The van der Waals surface area contributed by atoms with Crippen molar-refractivity contribution in [3.63, 3.8) is 0 Å². The van der Waals surface area contributed by atoms with Crippen molar-refractivity contribution in [1.29, 1.82) is 0 Å². The van der Waals surface area contributed by atoms with Gasteiger partial charge in [0.05, 0.1) is 18.1 Å². The van der Waals surface area contributed by atoms with Gasteiger partial charge in [-0.25, -0.2) is 9.97 Å². The normalized spacial score (nSPS) is 24.8.